The number of rotatable bonds is 5. The number of hydrogen-bond acceptors (Lipinski definition) is 6. The molecule has 0 aliphatic carbocycles. The number of carbonyl (C=O) groups is 1. The summed E-state index contributed by atoms with van der Waals surface area (Å²) in [6.07, 6.45) is 1.44. The number of carbonyl (C=O) groups excluding carboxylic acids is 1. The maximum absolute atomic E-state index is 11.5. The topological polar surface area (TPSA) is 76.1 Å². The molecule has 6 heteroatoms. The molecule has 1 unspecified atom stereocenters. The summed E-state index contributed by atoms with van der Waals surface area (Å²) >= 11 is 0. The molecule has 0 aliphatic heterocycles. The van der Waals surface area contributed by atoms with Crippen LogP contribution in [0, 0.1) is 6.92 Å². The minimum atomic E-state index is -0.437. The van der Waals surface area contributed by atoms with Gasteiger partial charge >= 0.3 is 5.97 Å². The molecule has 1 heterocycles. The largest absolute Gasteiger partial charge is 0.464 e. The third-order valence-corrected chi connectivity index (χ3v) is 2.31. The fourth-order valence-corrected chi connectivity index (χ4v) is 1.38. The van der Waals surface area contributed by atoms with Crippen LogP contribution >= 0.6 is 0 Å². The van der Waals surface area contributed by atoms with Gasteiger partial charge in [-0.1, -0.05) is 0 Å². The lowest BCUT2D eigenvalue weighted by atomic mass is 10.2. The highest BCUT2D eigenvalue weighted by Gasteiger charge is 2.16. The zero-order chi connectivity index (χ0) is 12.8. The van der Waals surface area contributed by atoms with Crippen LogP contribution in [0.15, 0.2) is 6.33 Å². The van der Waals surface area contributed by atoms with Crippen molar-refractivity contribution in [1.29, 1.82) is 0 Å². The molecule has 17 heavy (non-hydrogen) atoms. The predicted molar refractivity (Wildman–Crippen MR) is 66.0 cm³/mol. The van der Waals surface area contributed by atoms with Crippen LogP contribution in [0.25, 0.3) is 0 Å². The van der Waals surface area contributed by atoms with Crippen LogP contribution in [0.2, 0.25) is 0 Å². The Kier molecular flexibility index (Phi) is 4.68. The molecule has 2 N–H and O–H groups in total. The van der Waals surface area contributed by atoms with Crippen molar-refractivity contribution in [3.05, 3.63) is 11.9 Å². The van der Waals surface area contributed by atoms with E-state index in [1.54, 1.807) is 20.9 Å². The number of aromatic nitrogens is 2. The van der Waals surface area contributed by atoms with Crippen LogP contribution in [-0.4, -0.2) is 35.6 Å². The Morgan fingerprint density at radius 3 is 2.71 bits per heavy atom. The van der Waals surface area contributed by atoms with Crippen molar-refractivity contribution in [3.63, 3.8) is 0 Å². The Morgan fingerprint density at radius 2 is 2.12 bits per heavy atom. The van der Waals surface area contributed by atoms with Crippen molar-refractivity contribution in [3.8, 4) is 0 Å². The van der Waals surface area contributed by atoms with Gasteiger partial charge in [0, 0.05) is 12.6 Å². The smallest absolute Gasteiger partial charge is 0.328 e. The second-order valence-electron chi connectivity index (χ2n) is 3.56. The van der Waals surface area contributed by atoms with E-state index in [4.69, 9.17) is 4.74 Å². The lowest BCUT2D eigenvalue weighted by Gasteiger charge is -2.15. The Balaban J connectivity index is 2.78. The van der Waals surface area contributed by atoms with E-state index in [0.717, 1.165) is 11.4 Å². The molecule has 0 spiro atoms. The summed E-state index contributed by atoms with van der Waals surface area (Å²) in [4.78, 5) is 19.6. The number of nitrogens with one attached hydrogen (secondary N) is 2. The molecule has 6 nitrogen and oxygen atoms in total. The van der Waals surface area contributed by atoms with E-state index < -0.39 is 6.04 Å². The fraction of sp³-hybridized carbons (Fsp3) is 0.545. The molecule has 0 saturated heterocycles. The van der Waals surface area contributed by atoms with E-state index in [9.17, 15) is 4.79 Å². The molecule has 0 saturated carbocycles. The maximum atomic E-state index is 11.5. The van der Waals surface area contributed by atoms with Gasteiger partial charge in [0.15, 0.2) is 0 Å². The molecular weight excluding hydrogens is 220 g/mol. The van der Waals surface area contributed by atoms with Gasteiger partial charge in [0.2, 0.25) is 0 Å². The second-order valence-corrected chi connectivity index (χ2v) is 3.56. The molecule has 94 valence electrons. The summed E-state index contributed by atoms with van der Waals surface area (Å²) in [5, 5.41) is 5.96. The van der Waals surface area contributed by atoms with E-state index in [0.29, 0.717) is 12.4 Å². The van der Waals surface area contributed by atoms with Gasteiger partial charge in [0.05, 0.1) is 6.61 Å². The van der Waals surface area contributed by atoms with Crippen LogP contribution in [0.1, 0.15) is 19.4 Å². The van der Waals surface area contributed by atoms with Gasteiger partial charge in [-0.3, -0.25) is 0 Å². The Bertz CT molecular complexity index is 395. The highest BCUT2D eigenvalue weighted by Crippen LogP contribution is 2.18. The summed E-state index contributed by atoms with van der Waals surface area (Å²) in [6, 6.07) is -0.437. The number of ether oxygens (including phenoxy) is 1. The van der Waals surface area contributed by atoms with Crippen molar-refractivity contribution in [1.82, 2.24) is 9.97 Å². The second kappa shape index (κ2) is 6.03. The van der Waals surface area contributed by atoms with Crippen LogP contribution in [0.5, 0.6) is 0 Å². The third kappa shape index (κ3) is 3.30. The summed E-state index contributed by atoms with van der Waals surface area (Å²) in [7, 11) is 1.79. The van der Waals surface area contributed by atoms with Gasteiger partial charge in [-0.15, -0.1) is 0 Å². The summed E-state index contributed by atoms with van der Waals surface area (Å²) in [5.74, 6) is 1.07. The molecule has 0 radical (unpaired) electrons. The van der Waals surface area contributed by atoms with Gasteiger partial charge in [-0.05, 0) is 20.8 Å². The minimum absolute atomic E-state index is 0.295. The Hall–Kier alpha value is -1.85. The number of hydrogen-bond donors (Lipinski definition) is 2. The number of nitrogens with zero attached hydrogens (tertiary/aromatic N) is 2. The zero-order valence-electron chi connectivity index (χ0n) is 10.6. The van der Waals surface area contributed by atoms with Crippen molar-refractivity contribution in [2.24, 2.45) is 0 Å². The molecule has 0 bridgehead atoms. The highest BCUT2D eigenvalue weighted by atomic mass is 16.5. The normalized spacial score (nSPS) is 11.8. The Labute approximate surface area is 101 Å². The molecular formula is C11H18N4O2. The van der Waals surface area contributed by atoms with E-state index >= 15 is 0 Å². The average molecular weight is 238 g/mol. The van der Waals surface area contributed by atoms with Crippen LogP contribution < -0.4 is 10.6 Å². The van der Waals surface area contributed by atoms with Crippen molar-refractivity contribution < 1.29 is 9.53 Å². The first-order valence-electron chi connectivity index (χ1n) is 5.52. The van der Waals surface area contributed by atoms with Gasteiger partial charge < -0.3 is 15.4 Å². The van der Waals surface area contributed by atoms with Gasteiger partial charge in [0.25, 0.3) is 0 Å². The molecule has 0 amide bonds. The van der Waals surface area contributed by atoms with Gasteiger partial charge in [0.1, 0.15) is 24.0 Å². The SMILES string of the molecule is CCOC(=O)C(C)Nc1ncnc(NC)c1C. The quantitative estimate of drug-likeness (QED) is 0.750. The molecule has 0 aromatic carbocycles. The maximum Gasteiger partial charge on any atom is 0.328 e. The summed E-state index contributed by atoms with van der Waals surface area (Å²) in [5.41, 5.74) is 0.867. The number of anilines is 2. The first-order valence-corrected chi connectivity index (χ1v) is 5.52. The predicted octanol–water partition coefficient (Wildman–Crippen LogP) is 1.19. The van der Waals surface area contributed by atoms with Gasteiger partial charge in [-0.2, -0.15) is 0 Å². The lowest BCUT2D eigenvalue weighted by Crippen LogP contribution is -2.29. The summed E-state index contributed by atoms with van der Waals surface area (Å²) in [6.45, 7) is 5.76. The van der Waals surface area contributed by atoms with Gasteiger partial charge in [-0.25, -0.2) is 14.8 Å². The third-order valence-electron chi connectivity index (χ3n) is 2.31. The highest BCUT2D eigenvalue weighted by molar-refractivity contribution is 5.79. The monoisotopic (exact) mass is 238 g/mol. The van der Waals surface area contributed by atoms with Crippen LogP contribution in [0.4, 0.5) is 11.6 Å². The van der Waals surface area contributed by atoms with E-state index in [-0.39, 0.29) is 5.97 Å². The van der Waals surface area contributed by atoms with Crippen LogP contribution in [0.3, 0.4) is 0 Å². The van der Waals surface area contributed by atoms with E-state index in [1.807, 2.05) is 6.92 Å². The minimum Gasteiger partial charge on any atom is -0.464 e. The molecule has 0 fully saturated rings. The number of esters is 1. The van der Waals surface area contributed by atoms with Crippen molar-refractivity contribution in [2.75, 3.05) is 24.3 Å². The fourth-order valence-electron chi connectivity index (χ4n) is 1.38. The molecule has 0 aliphatic rings. The van der Waals surface area contributed by atoms with E-state index in [2.05, 4.69) is 20.6 Å². The average Bonchev–Trinajstić information content (AvgIpc) is 2.32. The molecule has 1 aromatic rings. The molecule has 1 atom stereocenters. The zero-order valence-corrected chi connectivity index (χ0v) is 10.6. The van der Waals surface area contributed by atoms with Crippen LogP contribution in [-0.2, 0) is 9.53 Å². The lowest BCUT2D eigenvalue weighted by molar-refractivity contribution is -0.143. The van der Waals surface area contributed by atoms with E-state index in [1.165, 1.54) is 6.33 Å². The standard InChI is InChI=1S/C11H18N4O2/c1-5-17-11(16)8(3)15-10-7(2)9(12-4)13-6-14-10/h6,8H,5H2,1-4H3,(H2,12,13,14,15). The first kappa shape index (κ1) is 13.2. The molecule has 1 rings (SSSR count). The summed E-state index contributed by atoms with van der Waals surface area (Å²) < 4.78 is 4.91. The Morgan fingerprint density at radius 1 is 1.47 bits per heavy atom. The first-order chi connectivity index (χ1) is 8.10. The van der Waals surface area contributed by atoms with Crippen molar-refractivity contribution >= 4 is 17.6 Å². The molecule has 1 aromatic heterocycles. The van der Waals surface area contributed by atoms with Crippen molar-refractivity contribution in [2.45, 2.75) is 26.8 Å².